The number of nitrogens with zero attached hydrogens (tertiary/aromatic N) is 1. The van der Waals surface area contributed by atoms with Crippen LogP contribution < -0.4 is 10.1 Å². The molecule has 0 aliphatic carbocycles. The van der Waals surface area contributed by atoms with Crippen LogP contribution in [0.25, 0.3) is 0 Å². The van der Waals surface area contributed by atoms with Crippen LogP contribution in [0.1, 0.15) is 54.2 Å². The molecule has 4 heteroatoms. The monoisotopic (exact) mass is 380 g/mol. The van der Waals surface area contributed by atoms with Crippen molar-refractivity contribution < 1.29 is 9.53 Å². The van der Waals surface area contributed by atoms with E-state index >= 15 is 0 Å². The van der Waals surface area contributed by atoms with Gasteiger partial charge in [0.25, 0.3) is 5.91 Å². The van der Waals surface area contributed by atoms with Crippen LogP contribution >= 0.6 is 0 Å². The summed E-state index contributed by atoms with van der Waals surface area (Å²) in [5.41, 5.74) is 3.19. The Hall–Kier alpha value is -2.33. The number of hydrogen-bond donors (Lipinski definition) is 1. The lowest BCUT2D eigenvalue weighted by Gasteiger charge is -2.28. The second-order valence-electron chi connectivity index (χ2n) is 8.11. The fourth-order valence-electron chi connectivity index (χ4n) is 3.56. The first-order valence-electron chi connectivity index (χ1n) is 10.3. The topological polar surface area (TPSA) is 41.6 Å². The highest BCUT2D eigenvalue weighted by molar-refractivity contribution is 5.94. The van der Waals surface area contributed by atoms with Crippen molar-refractivity contribution >= 4 is 5.91 Å². The molecule has 150 valence electrons. The summed E-state index contributed by atoms with van der Waals surface area (Å²) in [6, 6.07) is 16.3. The van der Waals surface area contributed by atoms with Crippen molar-refractivity contribution in [1.82, 2.24) is 10.2 Å². The highest BCUT2D eigenvalue weighted by Crippen LogP contribution is 2.25. The first-order chi connectivity index (χ1) is 13.5. The quantitative estimate of drug-likeness (QED) is 0.728. The molecule has 1 heterocycles. The summed E-state index contributed by atoms with van der Waals surface area (Å²) < 4.78 is 5.70. The first-order valence-corrected chi connectivity index (χ1v) is 10.3. The number of carbonyl (C=O) groups is 1. The van der Waals surface area contributed by atoms with Crippen LogP contribution in [0.5, 0.6) is 5.75 Å². The zero-order chi connectivity index (χ0) is 19.9. The van der Waals surface area contributed by atoms with E-state index in [2.05, 4.69) is 55.3 Å². The molecule has 1 aliphatic heterocycles. The third kappa shape index (κ3) is 5.59. The summed E-state index contributed by atoms with van der Waals surface area (Å²) >= 11 is 0. The second-order valence-corrected chi connectivity index (χ2v) is 8.11. The molecule has 0 radical (unpaired) electrons. The number of amides is 1. The van der Waals surface area contributed by atoms with Crippen molar-refractivity contribution in [2.24, 2.45) is 5.92 Å². The van der Waals surface area contributed by atoms with Crippen LogP contribution in [-0.4, -0.2) is 37.0 Å². The summed E-state index contributed by atoms with van der Waals surface area (Å²) in [4.78, 5) is 15.1. The first kappa shape index (κ1) is 20.4. The summed E-state index contributed by atoms with van der Waals surface area (Å²) in [7, 11) is 0. The maximum absolute atomic E-state index is 12.7. The van der Waals surface area contributed by atoms with Gasteiger partial charge in [0.05, 0.1) is 12.6 Å². The number of ether oxygens (including phenoxy) is 1. The molecule has 1 fully saturated rings. The van der Waals surface area contributed by atoms with Gasteiger partial charge in [-0.2, -0.15) is 0 Å². The number of nitrogens with one attached hydrogen (secondary N) is 1. The molecule has 4 nitrogen and oxygen atoms in total. The Kier molecular flexibility index (Phi) is 7.10. The Bertz CT molecular complexity index is 747. The van der Waals surface area contributed by atoms with Gasteiger partial charge in [-0.3, -0.25) is 9.69 Å². The van der Waals surface area contributed by atoms with Crippen molar-refractivity contribution in [3.05, 3.63) is 65.2 Å². The maximum atomic E-state index is 12.7. The van der Waals surface area contributed by atoms with Gasteiger partial charge in [0.15, 0.2) is 0 Å². The van der Waals surface area contributed by atoms with Crippen molar-refractivity contribution in [3.8, 4) is 5.75 Å². The minimum absolute atomic E-state index is 0.0354. The number of hydrogen-bond acceptors (Lipinski definition) is 3. The molecule has 3 rings (SSSR count). The van der Waals surface area contributed by atoms with E-state index in [-0.39, 0.29) is 11.9 Å². The minimum Gasteiger partial charge on any atom is -0.493 e. The van der Waals surface area contributed by atoms with Crippen LogP contribution in [0.2, 0.25) is 0 Å². The summed E-state index contributed by atoms with van der Waals surface area (Å²) in [6.07, 6.45) is 2.46. The summed E-state index contributed by atoms with van der Waals surface area (Å²) in [5.74, 6) is 1.25. The van der Waals surface area contributed by atoms with E-state index in [0.29, 0.717) is 24.6 Å². The molecular weight excluding hydrogens is 348 g/mol. The predicted octanol–water partition coefficient (Wildman–Crippen LogP) is 4.60. The molecule has 1 N–H and O–H groups in total. The van der Waals surface area contributed by atoms with E-state index in [1.54, 1.807) is 0 Å². The van der Waals surface area contributed by atoms with Gasteiger partial charge in [-0.1, -0.05) is 43.7 Å². The average molecular weight is 381 g/mol. The van der Waals surface area contributed by atoms with E-state index in [4.69, 9.17) is 4.74 Å². The van der Waals surface area contributed by atoms with E-state index in [9.17, 15) is 4.79 Å². The van der Waals surface area contributed by atoms with Crippen molar-refractivity contribution in [1.29, 1.82) is 0 Å². The average Bonchev–Trinajstić information content (AvgIpc) is 3.22. The van der Waals surface area contributed by atoms with Gasteiger partial charge in [-0.15, -0.1) is 0 Å². The fraction of sp³-hybridized carbons (Fsp3) is 0.458. The van der Waals surface area contributed by atoms with Crippen LogP contribution in [0.4, 0.5) is 0 Å². The van der Waals surface area contributed by atoms with E-state index in [1.165, 1.54) is 24.0 Å². The van der Waals surface area contributed by atoms with Gasteiger partial charge < -0.3 is 10.1 Å². The van der Waals surface area contributed by atoms with E-state index in [0.717, 1.165) is 18.8 Å². The zero-order valence-corrected chi connectivity index (χ0v) is 17.3. The number of carbonyl (C=O) groups excluding carboxylic acids is 1. The highest BCUT2D eigenvalue weighted by atomic mass is 16.5. The molecule has 1 amide bonds. The molecule has 28 heavy (non-hydrogen) atoms. The molecule has 1 atom stereocenters. The molecule has 0 aromatic heterocycles. The van der Waals surface area contributed by atoms with Crippen molar-refractivity contribution in [3.63, 3.8) is 0 Å². The molecular formula is C24H32N2O2. The lowest BCUT2D eigenvalue weighted by atomic mass is 10.0. The highest BCUT2D eigenvalue weighted by Gasteiger charge is 2.24. The van der Waals surface area contributed by atoms with Crippen LogP contribution in [-0.2, 0) is 0 Å². The van der Waals surface area contributed by atoms with Gasteiger partial charge in [-0.05, 0) is 68.6 Å². The number of aryl methyl sites for hydroxylation is 1. The second kappa shape index (κ2) is 9.74. The SMILES string of the molecule is Cc1ccc([C@@H](CNC(=O)c2ccc(OCC(C)C)cc2)N2CCCC2)cc1. The van der Waals surface area contributed by atoms with Crippen LogP contribution in [0.15, 0.2) is 48.5 Å². The van der Waals surface area contributed by atoms with Gasteiger partial charge in [0.2, 0.25) is 0 Å². The van der Waals surface area contributed by atoms with Crippen LogP contribution in [0, 0.1) is 12.8 Å². The summed E-state index contributed by atoms with van der Waals surface area (Å²) in [5, 5.41) is 3.14. The zero-order valence-electron chi connectivity index (χ0n) is 17.3. The van der Waals surface area contributed by atoms with Gasteiger partial charge in [0.1, 0.15) is 5.75 Å². The molecule has 1 aliphatic rings. The number of rotatable bonds is 8. The third-order valence-electron chi connectivity index (χ3n) is 5.20. The molecule has 0 saturated carbocycles. The van der Waals surface area contributed by atoms with Crippen LogP contribution in [0.3, 0.4) is 0 Å². The van der Waals surface area contributed by atoms with Gasteiger partial charge >= 0.3 is 0 Å². The molecule has 0 bridgehead atoms. The van der Waals surface area contributed by atoms with E-state index < -0.39 is 0 Å². The number of likely N-dealkylation sites (tertiary alicyclic amines) is 1. The Balaban J connectivity index is 1.62. The predicted molar refractivity (Wildman–Crippen MR) is 114 cm³/mol. The van der Waals surface area contributed by atoms with Gasteiger partial charge in [0, 0.05) is 12.1 Å². The minimum atomic E-state index is -0.0354. The molecule has 1 saturated heterocycles. The molecule has 0 unspecified atom stereocenters. The Morgan fingerprint density at radius 2 is 1.68 bits per heavy atom. The molecule has 0 spiro atoms. The Morgan fingerprint density at radius 1 is 1.04 bits per heavy atom. The third-order valence-corrected chi connectivity index (χ3v) is 5.20. The van der Waals surface area contributed by atoms with Crippen molar-refractivity contribution in [2.75, 3.05) is 26.2 Å². The number of benzene rings is 2. The lowest BCUT2D eigenvalue weighted by Crippen LogP contribution is -2.36. The fourth-order valence-corrected chi connectivity index (χ4v) is 3.56. The molecule has 2 aromatic rings. The maximum Gasteiger partial charge on any atom is 0.251 e. The standard InChI is InChI=1S/C24H32N2O2/c1-18(2)17-28-22-12-10-21(11-13-22)24(27)25-16-23(26-14-4-5-15-26)20-8-6-19(3)7-9-20/h6-13,18,23H,4-5,14-17H2,1-3H3,(H,25,27)/t23-/m1/s1. The van der Waals surface area contributed by atoms with E-state index in [1.807, 2.05) is 24.3 Å². The largest absolute Gasteiger partial charge is 0.493 e. The van der Waals surface area contributed by atoms with Crippen molar-refractivity contribution in [2.45, 2.75) is 39.7 Å². The smallest absolute Gasteiger partial charge is 0.251 e. The lowest BCUT2D eigenvalue weighted by molar-refractivity contribution is 0.0938. The Labute approximate surface area is 168 Å². The molecule has 2 aromatic carbocycles. The van der Waals surface area contributed by atoms with Gasteiger partial charge in [-0.25, -0.2) is 0 Å². The Morgan fingerprint density at radius 3 is 2.29 bits per heavy atom. The summed E-state index contributed by atoms with van der Waals surface area (Å²) in [6.45, 7) is 9.82. The normalized spacial score (nSPS) is 15.6.